The summed E-state index contributed by atoms with van der Waals surface area (Å²) >= 11 is 0. The van der Waals surface area contributed by atoms with Gasteiger partial charge in [0.1, 0.15) is 18.2 Å². The normalized spacial score (nSPS) is 17.6. The van der Waals surface area contributed by atoms with Gasteiger partial charge in [-0.25, -0.2) is 8.78 Å². The number of methoxy groups -OCH3 is 1. The van der Waals surface area contributed by atoms with Gasteiger partial charge in [-0.3, -0.25) is 4.90 Å². The average Bonchev–Trinajstić information content (AvgIpc) is 2.43. The highest BCUT2D eigenvalue weighted by Gasteiger charge is 2.24. The van der Waals surface area contributed by atoms with Crippen molar-refractivity contribution < 1.29 is 13.5 Å². The van der Waals surface area contributed by atoms with E-state index in [0.29, 0.717) is 11.3 Å². The molecule has 0 aliphatic carbocycles. The molecule has 1 atom stereocenters. The molecule has 0 bridgehead atoms. The van der Waals surface area contributed by atoms with Gasteiger partial charge in [-0.15, -0.1) is 12.4 Å². The Labute approximate surface area is 118 Å². The van der Waals surface area contributed by atoms with Crippen LogP contribution in [0.2, 0.25) is 0 Å². The first-order valence-corrected chi connectivity index (χ1v) is 6.10. The highest BCUT2D eigenvalue weighted by atomic mass is 35.5. The molecule has 1 aromatic carbocycles. The first kappa shape index (κ1) is 16.1. The second kappa shape index (κ2) is 7.62. The molecule has 1 heterocycles. The van der Waals surface area contributed by atoms with Crippen molar-refractivity contribution in [1.29, 1.82) is 0 Å². The second-order valence-corrected chi connectivity index (χ2v) is 4.34. The van der Waals surface area contributed by atoms with Crippen LogP contribution in [0, 0.1) is 5.82 Å². The van der Waals surface area contributed by atoms with E-state index in [0.717, 1.165) is 26.2 Å². The Hall–Kier alpha value is -0.910. The van der Waals surface area contributed by atoms with Gasteiger partial charge in [-0.1, -0.05) is 0 Å². The largest absolute Gasteiger partial charge is 0.497 e. The van der Waals surface area contributed by atoms with E-state index in [4.69, 9.17) is 4.74 Å². The lowest BCUT2D eigenvalue weighted by atomic mass is 10.0. The van der Waals surface area contributed by atoms with Crippen molar-refractivity contribution in [3.8, 4) is 5.75 Å². The van der Waals surface area contributed by atoms with E-state index >= 15 is 0 Å². The molecule has 3 nitrogen and oxygen atoms in total. The highest BCUT2D eigenvalue weighted by molar-refractivity contribution is 5.85. The molecule has 1 aromatic rings. The molecule has 108 valence electrons. The zero-order valence-corrected chi connectivity index (χ0v) is 11.7. The lowest BCUT2D eigenvalue weighted by molar-refractivity contribution is 0.144. The molecule has 1 saturated heterocycles. The van der Waals surface area contributed by atoms with Gasteiger partial charge >= 0.3 is 0 Å². The third-order valence-corrected chi connectivity index (χ3v) is 3.30. The second-order valence-electron chi connectivity index (χ2n) is 4.34. The Bertz CT molecular complexity index is 400. The summed E-state index contributed by atoms with van der Waals surface area (Å²) in [6.07, 6.45) is 0. The summed E-state index contributed by atoms with van der Waals surface area (Å²) in [4.78, 5) is 1.97. The zero-order chi connectivity index (χ0) is 13.0. The maximum Gasteiger partial charge on any atom is 0.128 e. The van der Waals surface area contributed by atoms with Crippen LogP contribution in [0.5, 0.6) is 5.75 Å². The first-order chi connectivity index (χ1) is 8.76. The van der Waals surface area contributed by atoms with Crippen LogP contribution in [0.3, 0.4) is 0 Å². The van der Waals surface area contributed by atoms with Crippen LogP contribution in [0.4, 0.5) is 8.78 Å². The van der Waals surface area contributed by atoms with Crippen LogP contribution in [-0.4, -0.2) is 44.9 Å². The fraction of sp³-hybridized carbons (Fsp3) is 0.538. The van der Waals surface area contributed by atoms with E-state index in [1.807, 2.05) is 4.90 Å². The molecule has 0 unspecified atom stereocenters. The first-order valence-electron chi connectivity index (χ1n) is 6.10. The van der Waals surface area contributed by atoms with Crippen LogP contribution in [-0.2, 0) is 0 Å². The number of nitrogens with one attached hydrogen (secondary N) is 1. The van der Waals surface area contributed by atoms with Gasteiger partial charge in [0.25, 0.3) is 0 Å². The van der Waals surface area contributed by atoms with Crippen LogP contribution >= 0.6 is 12.4 Å². The fourth-order valence-electron chi connectivity index (χ4n) is 2.28. The Balaban J connectivity index is 0.00000180. The molecule has 1 aliphatic rings. The summed E-state index contributed by atoms with van der Waals surface area (Å²) in [5.41, 5.74) is 0.374. The highest BCUT2D eigenvalue weighted by Crippen LogP contribution is 2.27. The van der Waals surface area contributed by atoms with Gasteiger partial charge in [0, 0.05) is 31.7 Å². The van der Waals surface area contributed by atoms with E-state index in [-0.39, 0.29) is 18.2 Å². The summed E-state index contributed by atoms with van der Waals surface area (Å²) < 4.78 is 32.2. The third kappa shape index (κ3) is 3.78. The summed E-state index contributed by atoms with van der Waals surface area (Å²) in [6, 6.07) is 3.94. The van der Waals surface area contributed by atoms with Crippen molar-refractivity contribution >= 4 is 12.4 Å². The van der Waals surface area contributed by atoms with Gasteiger partial charge in [0.05, 0.1) is 13.2 Å². The Kier molecular flexibility index (Phi) is 6.48. The maximum atomic E-state index is 13.8. The standard InChI is InChI=1S/C13H18F2N2O.ClH/c1-18-10-2-3-12(15)11(8-10)13(9-14)17-6-4-16-5-7-17;/h2-3,8,13,16H,4-7,9H2,1H3;1H/t13-;/m1./s1. The Morgan fingerprint density at radius 1 is 1.37 bits per heavy atom. The van der Waals surface area contributed by atoms with Crippen molar-refractivity contribution in [3.63, 3.8) is 0 Å². The maximum absolute atomic E-state index is 13.8. The Morgan fingerprint density at radius 2 is 2.05 bits per heavy atom. The van der Waals surface area contributed by atoms with Crippen molar-refractivity contribution in [2.24, 2.45) is 0 Å². The van der Waals surface area contributed by atoms with Gasteiger partial charge in [-0.05, 0) is 18.2 Å². The van der Waals surface area contributed by atoms with Gasteiger partial charge in [-0.2, -0.15) is 0 Å². The molecule has 6 heteroatoms. The summed E-state index contributed by atoms with van der Waals surface area (Å²) in [5.74, 6) is 0.178. The molecular weight excluding hydrogens is 274 g/mol. The third-order valence-electron chi connectivity index (χ3n) is 3.30. The number of piperazine rings is 1. The SMILES string of the molecule is COc1ccc(F)c([C@@H](CF)N2CCNCC2)c1.Cl. The molecule has 1 fully saturated rings. The number of hydrogen-bond acceptors (Lipinski definition) is 3. The minimum Gasteiger partial charge on any atom is -0.497 e. The quantitative estimate of drug-likeness (QED) is 0.920. The minimum absolute atomic E-state index is 0. The van der Waals surface area contributed by atoms with E-state index in [1.54, 1.807) is 12.1 Å². The fourth-order valence-corrected chi connectivity index (χ4v) is 2.28. The minimum atomic E-state index is -0.593. The zero-order valence-electron chi connectivity index (χ0n) is 10.9. The van der Waals surface area contributed by atoms with Crippen molar-refractivity contribution in [2.75, 3.05) is 40.0 Å². The number of benzene rings is 1. The number of hydrogen-bond donors (Lipinski definition) is 1. The summed E-state index contributed by atoms with van der Waals surface area (Å²) in [6.45, 7) is 2.48. The summed E-state index contributed by atoms with van der Waals surface area (Å²) in [7, 11) is 1.52. The average molecular weight is 293 g/mol. The predicted molar refractivity (Wildman–Crippen MR) is 73.4 cm³/mol. The van der Waals surface area contributed by atoms with Crippen LogP contribution in [0.15, 0.2) is 18.2 Å². The molecular formula is C13H19ClF2N2O. The number of halogens is 3. The molecule has 0 radical (unpaired) electrons. The van der Waals surface area contributed by atoms with E-state index in [9.17, 15) is 8.78 Å². The molecule has 0 saturated carbocycles. The summed E-state index contributed by atoms with van der Waals surface area (Å²) in [5, 5.41) is 3.20. The number of alkyl halides is 1. The molecule has 2 rings (SSSR count). The molecule has 0 spiro atoms. The lowest BCUT2D eigenvalue weighted by Gasteiger charge is -2.33. The monoisotopic (exact) mass is 292 g/mol. The lowest BCUT2D eigenvalue weighted by Crippen LogP contribution is -2.45. The molecule has 0 aromatic heterocycles. The van der Waals surface area contributed by atoms with Crippen LogP contribution in [0.1, 0.15) is 11.6 Å². The van der Waals surface area contributed by atoms with Crippen LogP contribution < -0.4 is 10.1 Å². The van der Waals surface area contributed by atoms with Gasteiger partial charge < -0.3 is 10.1 Å². The molecule has 1 N–H and O–H groups in total. The molecule has 0 amide bonds. The number of ether oxygens (including phenoxy) is 1. The predicted octanol–water partition coefficient (Wildman–Crippen LogP) is 2.17. The number of rotatable bonds is 4. The van der Waals surface area contributed by atoms with Crippen molar-refractivity contribution in [1.82, 2.24) is 10.2 Å². The van der Waals surface area contributed by atoms with E-state index in [2.05, 4.69) is 5.32 Å². The van der Waals surface area contributed by atoms with E-state index < -0.39 is 12.7 Å². The molecule has 1 aliphatic heterocycles. The Morgan fingerprint density at radius 3 is 2.63 bits per heavy atom. The molecule has 19 heavy (non-hydrogen) atoms. The van der Waals surface area contributed by atoms with E-state index in [1.165, 1.54) is 13.2 Å². The number of nitrogens with zero attached hydrogens (tertiary/aromatic N) is 1. The topological polar surface area (TPSA) is 24.5 Å². The van der Waals surface area contributed by atoms with Crippen LogP contribution in [0.25, 0.3) is 0 Å². The van der Waals surface area contributed by atoms with Gasteiger partial charge in [0.2, 0.25) is 0 Å². The van der Waals surface area contributed by atoms with Crippen molar-refractivity contribution in [3.05, 3.63) is 29.6 Å². The van der Waals surface area contributed by atoms with Crippen molar-refractivity contribution in [2.45, 2.75) is 6.04 Å². The smallest absolute Gasteiger partial charge is 0.128 e. The van der Waals surface area contributed by atoms with Gasteiger partial charge in [0.15, 0.2) is 0 Å².